The number of ether oxygens (including phenoxy) is 1. The standard InChI is InChI=1S/C20H22ClNO4/c1-14-12-16(21)9-10-18(14)26-11-5-8-19(23)22-17(20(24)25)13-15-6-3-2-4-7-15/h2-4,6-7,9-10,12,17H,5,8,11,13H2,1H3,(H,22,23)(H,24,25)/t17-/m0/s1. The minimum atomic E-state index is -1.05. The molecule has 26 heavy (non-hydrogen) atoms. The van der Waals surface area contributed by atoms with Gasteiger partial charge in [-0.15, -0.1) is 0 Å². The first-order chi connectivity index (χ1) is 12.5. The van der Waals surface area contributed by atoms with Gasteiger partial charge in [-0.25, -0.2) is 4.79 Å². The third kappa shape index (κ3) is 6.41. The second-order valence-electron chi connectivity index (χ2n) is 6.01. The monoisotopic (exact) mass is 375 g/mol. The lowest BCUT2D eigenvalue weighted by molar-refractivity contribution is -0.141. The number of aryl methyl sites for hydroxylation is 1. The van der Waals surface area contributed by atoms with Crippen LogP contribution in [0.1, 0.15) is 24.0 Å². The number of carboxylic acid groups (broad SMARTS) is 1. The van der Waals surface area contributed by atoms with Gasteiger partial charge in [-0.2, -0.15) is 0 Å². The van der Waals surface area contributed by atoms with E-state index in [1.807, 2.05) is 43.3 Å². The van der Waals surface area contributed by atoms with E-state index in [4.69, 9.17) is 16.3 Å². The fourth-order valence-corrected chi connectivity index (χ4v) is 2.73. The molecule has 2 aromatic rings. The molecule has 2 rings (SSSR count). The number of amides is 1. The summed E-state index contributed by atoms with van der Waals surface area (Å²) in [5.74, 6) is -0.623. The zero-order valence-corrected chi connectivity index (χ0v) is 15.3. The van der Waals surface area contributed by atoms with Gasteiger partial charge in [0, 0.05) is 17.9 Å². The number of aliphatic carboxylic acids is 1. The number of hydrogen-bond donors (Lipinski definition) is 2. The average Bonchev–Trinajstić information content (AvgIpc) is 2.60. The molecule has 2 aromatic carbocycles. The Morgan fingerprint density at radius 1 is 1.19 bits per heavy atom. The number of carboxylic acids is 1. The van der Waals surface area contributed by atoms with Crippen molar-refractivity contribution < 1.29 is 19.4 Å². The lowest BCUT2D eigenvalue weighted by Gasteiger charge is -2.15. The normalized spacial score (nSPS) is 11.6. The first-order valence-corrected chi connectivity index (χ1v) is 8.78. The maximum Gasteiger partial charge on any atom is 0.326 e. The van der Waals surface area contributed by atoms with Crippen molar-refractivity contribution in [2.75, 3.05) is 6.61 Å². The summed E-state index contributed by atoms with van der Waals surface area (Å²) in [5.41, 5.74) is 1.79. The van der Waals surface area contributed by atoms with Gasteiger partial charge >= 0.3 is 5.97 Å². The average molecular weight is 376 g/mol. The van der Waals surface area contributed by atoms with Gasteiger partial charge in [0.15, 0.2) is 0 Å². The molecule has 0 radical (unpaired) electrons. The van der Waals surface area contributed by atoms with E-state index in [1.54, 1.807) is 12.1 Å². The first-order valence-electron chi connectivity index (χ1n) is 8.41. The number of rotatable bonds is 9. The largest absolute Gasteiger partial charge is 0.493 e. The zero-order valence-electron chi connectivity index (χ0n) is 14.6. The molecule has 0 aliphatic heterocycles. The van der Waals surface area contributed by atoms with E-state index in [2.05, 4.69) is 5.32 Å². The van der Waals surface area contributed by atoms with Crippen molar-refractivity contribution in [1.82, 2.24) is 5.32 Å². The molecule has 1 amide bonds. The number of carbonyl (C=O) groups excluding carboxylic acids is 1. The fraction of sp³-hybridized carbons (Fsp3) is 0.300. The lowest BCUT2D eigenvalue weighted by atomic mass is 10.1. The highest BCUT2D eigenvalue weighted by molar-refractivity contribution is 6.30. The molecule has 6 heteroatoms. The molecule has 0 saturated carbocycles. The van der Waals surface area contributed by atoms with E-state index in [0.29, 0.717) is 18.1 Å². The van der Waals surface area contributed by atoms with Crippen molar-refractivity contribution in [2.24, 2.45) is 0 Å². The third-order valence-electron chi connectivity index (χ3n) is 3.86. The molecular formula is C20H22ClNO4. The molecule has 0 unspecified atom stereocenters. The van der Waals surface area contributed by atoms with Crippen molar-refractivity contribution in [1.29, 1.82) is 0 Å². The Kier molecular flexibility index (Phi) is 7.48. The van der Waals surface area contributed by atoms with Gasteiger partial charge in [-0.1, -0.05) is 41.9 Å². The van der Waals surface area contributed by atoms with E-state index in [0.717, 1.165) is 16.9 Å². The lowest BCUT2D eigenvalue weighted by Crippen LogP contribution is -2.42. The maximum absolute atomic E-state index is 12.0. The molecule has 5 nitrogen and oxygen atoms in total. The smallest absolute Gasteiger partial charge is 0.326 e. The molecule has 1 atom stereocenters. The fourth-order valence-electron chi connectivity index (χ4n) is 2.51. The first kappa shape index (κ1) is 19.8. The van der Waals surface area contributed by atoms with Gasteiger partial charge in [-0.05, 0) is 42.7 Å². The van der Waals surface area contributed by atoms with Gasteiger partial charge in [0.1, 0.15) is 11.8 Å². The van der Waals surface area contributed by atoms with Crippen molar-refractivity contribution in [3.8, 4) is 5.75 Å². The Balaban J connectivity index is 1.76. The highest BCUT2D eigenvalue weighted by Gasteiger charge is 2.20. The second-order valence-corrected chi connectivity index (χ2v) is 6.45. The van der Waals surface area contributed by atoms with Crippen LogP contribution >= 0.6 is 11.6 Å². The van der Waals surface area contributed by atoms with Crippen LogP contribution < -0.4 is 10.1 Å². The van der Waals surface area contributed by atoms with Crippen LogP contribution in [-0.2, 0) is 16.0 Å². The van der Waals surface area contributed by atoms with Crippen LogP contribution in [0.15, 0.2) is 48.5 Å². The number of carbonyl (C=O) groups is 2. The van der Waals surface area contributed by atoms with E-state index in [1.165, 1.54) is 0 Å². The molecule has 0 bridgehead atoms. The van der Waals surface area contributed by atoms with Crippen LogP contribution in [0.2, 0.25) is 5.02 Å². The molecule has 0 saturated heterocycles. The van der Waals surface area contributed by atoms with Crippen LogP contribution in [-0.4, -0.2) is 29.6 Å². The summed E-state index contributed by atoms with van der Waals surface area (Å²) in [6.45, 7) is 2.27. The quantitative estimate of drug-likeness (QED) is 0.656. The number of benzene rings is 2. The molecule has 0 fully saturated rings. The highest BCUT2D eigenvalue weighted by Crippen LogP contribution is 2.21. The van der Waals surface area contributed by atoms with Crippen molar-refractivity contribution in [3.63, 3.8) is 0 Å². The van der Waals surface area contributed by atoms with Crippen LogP contribution in [0.3, 0.4) is 0 Å². The number of hydrogen-bond acceptors (Lipinski definition) is 3. The highest BCUT2D eigenvalue weighted by atomic mass is 35.5. The third-order valence-corrected chi connectivity index (χ3v) is 4.09. The minimum Gasteiger partial charge on any atom is -0.493 e. The van der Waals surface area contributed by atoms with Gasteiger partial charge in [0.25, 0.3) is 0 Å². The van der Waals surface area contributed by atoms with E-state index >= 15 is 0 Å². The predicted molar refractivity (Wildman–Crippen MR) is 101 cm³/mol. The van der Waals surface area contributed by atoms with Gasteiger partial charge < -0.3 is 15.2 Å². The summed E-state index contributed by atoms with van der Waals surface area (Å²) in [6.07, 6.45) is 0.944. The van der Waals surface area contributed by atoms with Crippen LogP contribution in [0, 0.1) is 6.92 Å². The summed E-state index contributed by atoms with van der Waals surface area (Å²) in [6, 6.07) is 13.6. The Morgan fingerprint density at radius 3 is 2.58 bits per heavy atom. The summed E-state index contributed by atoms with van der Waals surface area (Å²) in [5, 5.41) is 12.5. The van der Waals surface area contributed by atoms with Crippen LogP contribution in [0.25, 0.3) is 0 Å². The Hall–Kier alpha value is -2.53. The predicted octanol–water partition coefficient (Wildman–Crippen LogP) is 3.62. The van der Waals surface area contributed by atoms with E-state index in [-0.39, 0.29) is 18.7 Å². The molecule has 0 aliphatic carbocycles. The van der Waals surface area contributed by atoms with E-state index in [9.17, 15) is 14.7 Å². The molecule has 0 heterocycles. The van der Waals surface area contributed by atoms with Crippen molar-refractivity contribution in [3.05, 3.63) is 64.7 Å². The maximum atomic E-state index is 12.0. The van der Waals surface area contributed by atoms with Crippen LogP contribution in [0.4, 0.5) is 0 Å². The molecule has 138 valence electrons. The summed E-state index contributed by atoms with van der Waals surface area (Å²) < 4.78 is 5.64. The number of halogens is 1. The Morgan fingerprint density at radius 2 is 1.92 bits per heavy atom. The molecule has 0 aliphatic rings. The molecule has 0 aromatic heterocycles. The summed E-state index contributed by atoms with van der Waals surface area (Å²) in [4.78, 5) is 23.4. The minimum absolute atomic E-state index is 0.200. The van der Waals surface area contributed by atoms with Gasteiger partial charge in [-0.3, -0.25) is 4.79 Å². The summed E-state index contributed by atoms with van der Waals surface area (Å²) in [7, 11) is 0. The molecule has 2 N–H and O–H groups in total. The number of nitrogens with one attached hydrogen (secondary N) is 1. The van der Waals surface area contributed by atoms with Gasteiger partial charge in [0.05, 0.1) is 6.61 Å². The SMILES string of the molecule is Cc1cc(Cl)ccc1OCCCC(=O)N[C@@H](Cc1ccccc1)C(=O)O. The molecular weight excluding hydrogens is 354 g/mol. The van der Waals surface area contributed by atoms with Crippen molar-refractivity contribution >= 4 is 23.5 Å². The van der Waals surface area contributed by atoms with Crippen LogP contribution in [0.5, 0.6) is 5.75 Å². The van der Waals surface area contributed by atoms with Gasteiger partial charge in [0.2, 0.25) is 5.91 Å². The second kappa shape index (κ2) is 9.82. The Bertz CT molecular complexity index is 749. The Labute approximate surface area is 157 Å². The molecule has 0 spiro atoms. The topological polar surface area (TPSA) is 75.6 Å². The van der Waals surface area contributed by atoms with E-state index < -0.39 is 12.0 Å². The summed E-state index contributed by atoms with van der Waals surface area (Å²) >= 11 is 5.90. The van der Waals surface area contributed by atoms with Crippen molar-refractivity contribution in [2.45, 2.75) is 32.2 Å². The zero-order chi connectivity index (χ0) is 18.9.